The number of nitrogens with zero attached hydrogens (tertiary/aromatic N) is 1. The summed E-state index contributed by atoms with van der Waals surface area (Å²) in [5.41, 5.74) is 2.71. The van der Waals surface area contributed by atoms with Gasteiger partial charge in [0.15, 0.2) is 5.58 Å². The Bertz CT molecular complexity index is 464. The minimum Gasteiger partial charge on any atom is -0.396 e. The Hall–Kier alpha value is -0.870. The van der Waals surface area contributed by atoms with Gasteiger partial charge in [0, 0.05) is 18.4 Å². The molecule has 0 bridgehead atoms. The van der Waals surface area contributed by atoms with Gasteiger partial charge in [0.2, 0.25) is 0 Å². The SMILES string of the molecule is Cc1cc(Br)c2onc(CCO)c2c1. The predicted octanol–water partition coefficient (Wildman–Crippen LogP) is 2.43. The molecule has 0 aliphatic heterocycles. The molecule has 1 N–H and O–H groups in total. The summed E-state index contributed by atoms with van der Waals surface area (Å²) in [7, 11) is 0. The van der Waals surface area contributed by atoms with Crippen LogP contribution in [0.25, 0.3) is 11.0 Å². The van der Waals surface area contributed by atoms with E-state index < -0.39 is 0 Å². The highest BCUT2D eigenvalue weighted by Gasteiger charge is 2.10. The van der Waals surface area contributed by atoms with Gasteiger partial charge in [-0.05, 0) is 40.5 Å². The van der Waals surface area contributed by atoms with Gasteiger partial charge in [-0.15, -0.1) is 0 Å². The van der Waals surface area contributed by atoms with Gasteiger partial charge < -0.3 is 9.63 Å². The van der Waals surface area contributed by atoms with Crippen molar-refractivity contribution in [3.63, 3.8) is 0 Å². The first-order chi connectivity index (χ1) is 6.72. The van der Waals surface area contributed by atoms with Crippen molar-refractivity contribution in [1.82, 2.24) is 5.16 Å². The fourth-order valence-electron chi connectivity index (χ4n) is 1.47. The third-order valence-corrected chi connectivity index (χ3v) is 2.68. The fourth-order valence-corrected chi connectivity index (χ4v) is 2.12. The Morgan fingerprint density at radius 1 is 1.50 bits per heavy atom. The molecule has 74 valence electrons. The van der Waals surface area contributed by atoms with Crippen LogP contribution in [0.5, 0.6) is 0 Å². The maximum Gasteiger partial charge on any atom is 0.181 e. The monoisotopic (exact) mass is 255 g/mol. The molecule has 0 atom stereocenters. The molecule has 0 amide bonds. The molecule has 0 fully saturated rings. The van der Waals surface area contributed by atoms with E-state index in [9.17, 15) is 0 Å². The normalized spacial score (nSPS) is 11.1. The highest BCUT2D eigenvalue weighted by molar-refractivity contribution is 9.10. The molecule has 1 aromatic heterocycles. The Morgan fingerprint density at radius 3 is 3.00 bits per heavy atom. The third-order valence-electron chi connectivity index (χ3n) is 2.09. The van der Waals surface area contributed by atoms with Gasteiger partial charge in [-0.2, -0.15) is 0 Å². The quantitative estimate of drug-likeness (QED) is 0.897. The summed E-state index contributed by atoms with van der Waals surface area (Å²) in [5, 5.41) is 13.7. The largest absolute Gasteiger partial charge is 0.396 e. The smallest absolute Gasteiger partial charge is 0.181 e. The Labute approximate surface area is 89.8 Å². The van der Waals surface area contributed by atoms with Crippen LogP contribution < -0.4 is 0 Å². The molecular weight excluding hydrogens is 246 g/mol. The molecule has 4 heteroatoms. The predicted molar refractivity (Wildman–Crippen MR) is 57.2 cm³/mol. The molecule has 2 rings (SSSR count). The number of hydrogen-bond donors (Lipinski definition) is 1. The topological polar surface area (TPSA) is 46.3 Å². The van der Waals surface area contributed by atoms with E-state index in [4.69, 9.17) is 9.63 Å². The van der Waals surface area contributed by atoms with Crippen molar-refractivity contribution < 1.29 is 9.63 Å². The van der Waals surface area contributed by atoms with Crippen LogP contribution in [-0.2, 0) is 6.42 Å². The number of aryl methyl sites for hydroxylation is 1. The Kier molecular flexibility index (Phi) is 2.56. The second kappa shape index (κ2) is 3.71. The number of aliphatic hydroxyl groups is 1. The molecule has 3 nitrogen and oxygen atoms in total. The highest BCUT2D eigenvalue weighted by atomic mass is 79.9. The van der Waals surface area contributed by atoms with Crippen LogP contribution in [0.4, 0.5) is 0 Å². The van der Waals surface area contributed by atoms with E-state index in [0.29, 0.717) is 6.42 Å². The molecule has 0 unspecified atom stereocenters. The summed E-state index contributed by atoms with van der Waals surface area (Å²) in [6.45, 7) is 2.10. The Morgan fingerprint density at radius 2 is 2.29 bits per heavy atom. The lowest BCUT2D eigenvalue weighted by Gasteiger charge is -1.96. The van der Waals surface area contributed by atoms with Crippen molar-refractivity contribution >= 4 is 26.9 Å². The lowest BCUT2D eigenvalue weighted by atomic mass is 10.1. The van der Waals surface area contributed by atoms with E-state index >= 15 is 0 Å². The highest BCUT2D eigenvalue weighted by Crippen LogP contribution is 2.28. The second-order valence-electron chi connectivity index (χ2n) is 3.23. The summed E-state index contributed by atoms with van der Waals surface area (Å²) < 4.78 is 6.09. The van der Waals surface area contributed by atoms with Gasteiger partial charge in [-0.3, -0.25) is 0 Å². The standard InChI is InChI=1S/C10H10BrNO2/c1-6-4-7-9(2-3-13)12-14-10(7)8(11)5-6/h4-5,13H,2-3H2,1H3. The summed E-state index contributed by atoms with van der Waals surface area (Å²) >= 11 is 3.42. The van der Waals surface area contributed by atoms with Crippen LogP contribution in [0.15, 0.2) is 21.1 Å². The molecular formula is C10H10BrNO2. The maximum atomic E-state index is 8.84. The zero-order valence-electron chi connectivity index (χ0n) is 7.75. The van der Waals surface area contributed by atoms with E-state index in [-0.39, 0.29) is 6.61 Å². The molecule has 0 spiro atoms. The third kappa shape index (κ3) is 1.55. The molecule has 14 heavy (non-hydrogen) atoms. The molecule has 1 heterocycles. The van der Waals surface area contributed by atoms with Crippen molar-refractivity contribution in [3.05, 3.63) is 27.9 Å². The summed E-state index contributed by atoms with van der Waals surface area (Å²) in [6, 6.07) is 4.00. The number of fused-ring (bicyclic) bond motifs is 1. The molecule has 0 saturated heterocycles. The number of halogens is 1. The Balaban J connectivity index is 2.66. The zero-order valence-corrected chi connectivity index (χ0v) is 9.34. The van der Waals surface area contributed by atoms with Crippen LogP contribution in [0.2, 0.25) is 0 Å². The van der Waals surface area contributed by atoms with Gasteiger partial charge >= 0.3 is 0 Å². The van der Waals surface area contributed by atoms with Crippen LogP contribution in [-0.4, -0.2) is 16.9 Å². The average molecular weight is 256 g/mol. The van der Waals surface area contributed by atoms with Crippen molar-refractivity contribution in [3.8, 4) is 0 Å². The fraction of sp³-hybridized carbons (Fsp3) is 0.300. The van der Waals surface area contributed by atoms with Gasteiger partial charge in [0.05, 0.1) is 10.2 Å². The van der Waals surface area contributed by atoms with Crippen LogP contribution >= 0.6 is 15.9 Å². The van der Waals surface area contributed by atoms with Gasteiger partial charge in [0.1, 0.15) is 0 Å². The summed E-state index contributed by atoms with van der Waals surface area (Å²) in [5.74, 6) is 0. The minimum atomic E-state index is 0.0905. The van der Waals surface area contributed by atoms with E-state index in [1.165, 1.54) is 0 Å². The van der Waals surface area contributed by atoms with E-state index in [0.717, 1.165) is 26.7 Å². The zero-order chi connectivity index (χ0) is 10.1. The average Bonchev–Trinajstić information content (AvgIpc) is 2.49. The van der Waals surface area contributed by atoms with Crippen molar-refractivity contribution in [2.24, 2.45) is 0 Å². The summed E-state index contributed by atoms with van der Waals surface area (Å²) in [6.07, 6.45) is 0.531. The van der Waals surface area contributed by atoms with Gasteiger partial charge in [-0.1, -0.05) is 5.16 Å². The molecule has 0 radical (unpaired) electrons. The van der Waals surface area contributed by atoms with Crippen molar-refractivity contribution in [2.45, 2.75) is 13.3 Å². The second-order valence-corrected chi connectivity index (χ2v) is 4.08. The molecule has 2 aromatic rings. The number of aliphatic hydroxyl groups excluding tert-OH is 1. The first kappa shape index (κ1) is 9.68. The number of hydrogen-bond acceptors (Lipinski definition) is 3. The molecule has 0 aliphatic carbocycles. The van der Waals surface area contributed by atoms with Gasteiger partial charge in [0.25, 0.3) is 0 Å². The van der Waals surface area contributed by atoms with E-state index in [2.05, 4.69) is 21.1 Å². The molecule has 0 aliphatic rings. The lowest BCUT2D eigenvalue weighted by molar-refractivity contribution is 0.295. The first-order valence-electron chi connectivity index (χ1n) is 4.37. The van der Waals surface area contributed by atoms with Crippen LogP contribution in [0.1, 0.15) is 11.3 Å². The number of aromatic nitrogens is 1. The maximum absolute atomic E-state index is 8.84. The lowest BCUT2D eigenvalue weighted by Crippen LogP contribution is -1.90. The molecule has 1 aromatic carbocycles. The van der Waals surface area contributed by atoms with E-state index in [1.54, 1.807) is 0 Å². The first-order valence-corrected chi connectivity index (χ1v) is 5.17. The van der Waals surface area contributed by atoms with E-state index in [1.807, 2.05) is 19.1 Å². The van der Waals surface area contributed by atoms with Crippen LogP contribution in [0, 0.1) is 6.92 Å². The molecule has 0 saturated carbocycles. The minimum absolute atomic E-state index is 0.0905. The van der Waals surface area contributed by atoms with Crippen LogP contribution in [0.3, 0.4) is 0 Å². The number of rotatable bonds is 2. The number of benzene rings is 1. The van der Waals surface area contributed by atoms with Crippen molar-refractivity contribution in [2.75, 3.05) is 6.61 Å². The van der Waals surface area contributed by atoms with Crippen molar-refractivity contribution in [1.29, 1.82) is 0 Å². The summed E-state index contributed by atoms with van der Waals surface area (Å²) in [4.78, 5) is 0. The van der Waals surface area contributed by atoms with Gasteiger partial charge in [-0.25, -0.2) is 0 Å².